The van der Waals surface area contributed by atoms with Gasteiger partial charge in [0.25, 0.3) is 0 Å². The molecule has 0 N–H and O–H groups in total. The van der Waals surface area contributed by atoms with E-state index in [4.69, 9.17) is 32.7 Å². The van der Waals surface area contributed by atoms with Gasteiger partial charge in [0.2, 0.25) is 5.78 Å². The zero-order valence-electron chi connectivity index (χ0n) is 13.9. The van der Waals surface area contributed by atoms with E-state index in [1.807, 2.05) is 0 Å². The minimum absolute atomic E-state index is 0.0455. The molecule has 3 aliphatic rings. The van der Waals surface area contributed by atoms with Gasteiger partial charge in [-0.1, -0.05) is 11.6 Å². The summed E-state index contributed by atoms with van der Waals surface area (Å²) in [6.45, 7) is 0. The predicted octanol–water partition coefficient (Wildman–Crippen LogP) is 3.26. The molecule has 0 unspecified atom stereocenters. The summed E-state index contributed by atoms with van der Waals surface area (Å²) in [4.78, 5) is 37.6. The lowest BCUT2D eigenvalue weighted by Gasteiger charge is -2.25. The Labute approximate surface area is 160 Å². The van der Waals surface area contributed by atoms with Crippen LogP contribution in [0.5, 0.6) is 0 Å². The Morgan fingerprint density at radius 3 is 2.65 bits per heavy atom. The van der Waals surface area contributed by atoms with Crippen LogP contribution in [0.2, 0.25) is 5.02 Å². The first-order valence-electron chi connectivity index (χ1n) is 8.76. The van der Waals surface area contributed by atoms with E-state index in [1.54, 1.807) is 24.3 Å². The molecule has 0 aromatic heterocycles. The molecule has 0 spiro atoms. The maximum atomic E-state index is 12.8. The van der Waals surface area contributed by atoms with E-state index in [0.717, 1.165) is 6.42 Å². The van der Waals surface area contributed by atoms with Gasteiger partial charge in [-0.15, -0.1) is 11.6 Å². The van der Waals surface area contributed by atoms with E-state index in [9.17, 15) is 14.4 Å². The van der Waals surface area contributed by atoms with Gasteiger partial charge in [-0.2, -0.15) is 0 Å². The summed E-state index contributed by atoms with van der Waals surface area (Å²) in [5.74, 6) is -1.65. The summed E-state index contributed by atoms with van der Waals surface area (Å²) in [6, 6.07) is 6.41. The summed E-state index contributed by atoms with van der Waals surface area (Å²) in [6.07, 6.45) is 0.724. The van der Waals surface area contributed by atoms with E-state index in [0.29, 0.717) is 17.0 Å². The monoisotopic (exact) mass is 396 g/mol. The van der Waals surface area contributed by atoms with Gasteiger partial charge in [0.05, 0.1) is 11.8 Å². The first-order chi connectivity index (χ1) is 12.5. The molecule has 1 aromatic carbocycles. The first-order valence-corrected chi connectivity index (χ1v) is 9.67. The fourth-order valence-corrected chi connectivity index (χ4v) is 5.01. The third-order valence-corrected chi connectivity index (χ3v) is 6.28. The zero-order valence-corrected chi connectivity index (χ0v) is 15.4. The van der Waals surface area contributed by atoms with Crippen molar-refractivity contribution in [1.29, 1.82) is 0 Å². The molecule has 7 heteroatoms. The third kappa shape index (κ3) is 2.91. The molecule has 1 saturated heterocycles. The number of rotatable bonds is 6. The Balaban J connectivity index is 1.50. The fourth-order valence-electron chi connectivity index (χ4n) is 4.69. The summed E-state index contributed by atoms with van der Waals surface area (Å²) in [5, 5.41) is 0.517. The van der Waals surface area contributed by atoms with Crippen LogP contribution < -0.4 is 0 Å². The highest BCUT2D eigenvalue weighted by atomic mass is 35.5. The van der Waals surface area contributed by atoms with Gasteiger partial charge in [0, 0.05) is 28.8 Å². The highest BCUT2D eigenvalue weighted by Gasteiger charge is 2.64. The van der Waals surface area contributed by atoms with Crippen LogP contribution >= 0.6 is 23.2 Å². The van der Waals surface area contributed by atoms with Crippen LogP contribution in [-0.2, 0) is 19.1 Å². The largest absolute Gasteiger partial charge is 0.462 e. The Morgan fingerprint density at radius 2 is 1.96 bits per heavy atom. The number of carbonyl (C=O) groups is 3. The van der Waals surface area contributed by atoms with Crippen LogP contribution in [0, 0.1) is 23.7 Å². The lowest BCUT2D eigenvalue weighted by Crippen LogP contribution is -2.37. The van der Waals surface area contributed by atoms with Gasteiger partial charge in [0.1, 0.15) is 6.10 Å². The smallest absolute Gasteiger partial charge is 0.310 e. The van der Waals surface area contributed by atoms with Crippen molar-refractivity contribution in [2.75, 3.05) is 5.88 Å². The molecule has 138 valence electrons. The average Bonchev–Trinajstić information content (AvgIpc) is 3.23. The van der Waals surface area contributed by atoms with Gasteiger partial charge < -0.3 is 9.47 Å². The van der Waals surface area contributed by atoms with Crippen molar-refractivity contribution in [2.45, 2.75) is 31.5 Å². The first kappa shape index (κ1) is 17.8. The molecule has 1 aromatic rings. The van der Waals surface area contributed by atoms with Gasteiger partial charge in [-0.05, 0) is 43.0 Å². The summed E-state index contributed by atoms with van der Waals surface area (Å²) < 4.78 is 10.9. The normalized spacial score (nSPS) is 32.4. The topological polar surface area (TPSA) is 69.7 Å². The minimum atomic E-state index is -0.964. The summed E-state index contributed by atoms with van der Waals surface area (Å²) in [7, 11) is 0. The van der Waals surface area contributed by atoms with E-state index >= 15 is 0 Å². The Bertz CT molecular complexity index is 745. The van der Waals surface area contributed by atoms with E-state index < -0.39 is 23.9 Å². The lowest BCUT2D eigenvalue weighted by atomic mass is 9.80. The van der Waals surface area contributed by atoms with E-state index in [2.05, 4.69) is 0 Å². The average molecular weight is 397 g/mol. The van der Waals surface area contributed by atoms with E-state index in [-0.39, 0.29) is 42.0 Å². The Hall–Kier alpha value is -1.59. The van der Waals surface area contributed by atoms with Crippen LogP contribution in [0.15, 0.2) is 24.3 Å². The molecule has 0 radical (unpaired) electrons. The Morgan fingerprint density at radius 1 is 1.23 bits per heavy atom. The number of alkyl halides is 1. The second kappa shape index (κ2) is 6.86. The maximum absolute atomic E-state index is 12.8. The third-order valence-electron chi connectivity index (χ3n) is 5.81. The predicted molar refractivity (Wildman–Crippen MR) is 94.1 cm³/mol. The molecule has 0 amide bonds. The van der Waals surface area contributed by atoms with E-state index in [1.165, 1.54) is 0 Å². The number of hydrogen-bond acceptors (Lipinski definition) is 5. The summed E-state index contributed by atoms with van der Waals surface area (Å²) in [5.41, 5.74) is 0.408. The number of benzene rings is 1. The lowest BCUT2D eigenvalue weighted by molar-refractivity contribution is -0.158. The number of Topliss-reactive ketones (excluding diaryl/α,β-unsaturated/α-hetero) is 1. The van der Waals surface area contributed by atoms with Crippen molar-refractivity contribution < 1.29 is 23.9 Å². The molecule has 2 saturated carbocycles. The van der Waals surface area contributed by atoms with Gasteiger partial charge in [0.15, 0.2) is 6.10 Å². The van der Waals surface area contributed by atoms with Crippen LogP contribution in [-0.4, -0.2) is 35.8 Å². The molecule has 2 bridgehead atoms. The SMILES string of the molecule is O=C(O[C@@H](CCCl)C(=O)c1ccc(Cl)cc1)[C@H]1[C@@H]2C[C@@H]3[C@@H]1C(=O)O[C@@H]3C2. The van der Waals surface area contributed by atoms with Crippen molar-refractivity contribution in [3.8, 4) is 0 Å². The quantitative estimate of drug-likeness (QED) is 0.419. The zero-order chi connectivity index (χ0) is 18.4. The molecule has 5 nitrogen and oxygen atoms in total. The number of fused-ring (bicyclic) bond motifs is 1. The fraction of sp³-hybridized carbons (Fsp3) is 0.526. The number of hydrogen-bond donors (Lipinski definition) is 0. The van der Waals surface area contributed by atoms with Crippen molar-refractivity contribution in [3.63, 3.8) is 0 Å². The van der Waals surface area contributed by atoms with Gasteiger partial charge in [-0.25, -0.2) is 0 Å². The summed E-state index contributed by atoms with van der Waals surface area (Å²) >= 11 is 11.7. The van der Waals surface area contributed by atoms with Crippen molar-refractivity contribution in [1.82, 2.24) is 0 Å². The minimum Gasteiger partial charge on any atom is -0.462 e. The molecule has 1 heterocycles. The number of carbonyl (C=O) groups excluding carboxylic acids is 3. The number of ketones is 1. The molecule has 6 atom stereocenters. The van der Waals surface area contributed by atoms with Crippen LogP contribution in [0.25, 0.3) is 0 Å². The molecule has 4 rings (SSSR count). The second-order valence-corrected chi connectivity index (χ2v) is 8.01. The standard InChI is InChI=1S/C19H18Cl2O5/c20-6-5-13(17(22)9-1-3-11(21)4-2-9)25-18(23)15-10-7-12-14(8-10)26-19(24)16(12)15/h1-4,10,12-16H,5-8H2/t10-,12+,13+,14-,15+,16+/m1/s1. The van der Waals surface area contributed by atoms with Crippen LogP contribution in [0.1, 0.15) is 29.6 Å². The molecule has 2 aliphatic carbocycles. The molecular formula is C19H18Cl2O5. The number of ether oxygens (including phenoxy) is 2. The number of esters is 2. The van der Waals surface area contributed by atoms with Crippen molar-refractivity contribution in [2.24, 2.45) is 23.7 Å². The van der Waals surface area contributed by atoms with Crippen LogP contribution in [0.4, 0.5) is 0 Å². The van der Waals surface area contributed by atoms with Crippen LogP contribution in [0.3, 0.4) is 0 Å². The Kier molecular flexibility index (Phi) is 4.70. The molecule has 1 aliphatic heterocycles. The molecular weight excluding hydrogens is 379 g/mol. The highest BCUT2D eigenvalue weighted by molar-refractivity contribution is 6.30. The number of halogens is 2. The maximum Gasteiger partial charge on any atom is 0.310 e. The molecule has 3 fully saturated rings. The highest BCUT2D eigenvalue weighted by Crippen LogP contribution is 2.58. The van der Waals surface area contributed by atoms with Crippen molar-refractivity contribution >= 4 is 40.9 Å². The second-order valence-electron chi connectivity index (χ2n) is 7.20. The van der Waals surface area contributed by atoms with Gasteiger partial charge >= 0.3 is 11.9 Å². The van der Waals surface area contributed by atoms with Gasteiger partial charge in [-0.3, -0.25) is 14.4 Å². The van der Waals surface area contributed by atoms with Crippen molar-refractivity contribution in [3.05, 3.63) is 34.9 Å². The molecule has 26 heavy (non-hydrogen) atoms.